The second-order valence-electron chi connectivity index (χ2n) is 13.4. The minimum Gasteiger partial charge on any atom is -0.466 e. The van der Waals surface area contributed by atoms with Crippen molar-refractivity contribution in [2.45, 2.75) is 127 Å². The molecular weight excluding hydrogens is 492 g/mol. The van der Waals surface area contributed by atoms with Gasteiger partial charge in [0.15, 0.2) is 0 Å². The van der Waals surface area contributed by atoms with E-state index in [0.29, 0.717) is 55.6 Å². The molecule has 0 aromatic heterocycles. The van der Waals surface area contributed by atoms with Crippen molar-refractivity contribution in [2.24, 2.45) is 46.8 Å². The average molecular weight is 551 g/mol. The Labute approximate surface area is 238 Å². The van der Waals surface area contributed by atoms with Crippen LogP contribution in [0.1, 0.15) is 127 Å². The van der Waals surface area contributed by atoms with Crippen LogP contribution in [-0.2, 0) is 28.7 Å². The van der Waals surface area contributed by atoms with Crippen LogP contribution < -0.4 is 0 Å². The minimum atomic E-state index is -0.253. The maximum atomic E-state index is 12.5. The number of ether oxygens (including phenoxy) is 2. The second-order valence-corrected chi connectivity index (χ2v) is 13.4. The van der Waals surface area contributed by atoms with Gasteiger partial charge in [-0.05, 0) is 81.0 Å². The predicted molar refractivity (Wildman–Crippen MR) is 156 cm³/mol. The predicted octanol–water partition coefficient (Wildman–Crippen LogP) is 7.60. The summed E-state index contributed by atoms with van der Waals surface area (Å²) < 4.78 is 9.79. The summed E-state index contributed by atoms with van der Waals surface area (Å²) in [5.41, 5.74) is 0.246. The molecule has 0 aliphatic heterocycles. The van der Waals surface area contributed by atoms with Gasteiger partial charge in [0.25, 0.3) is 0 Å². The highest BCUT2D eigenvalue weighted by Gasteiger charge is 2.39. The van der Waals surface area contributed by atoms with Crippen LogP contribution in [0.3, 0.4) is 0 Å². The number of rotatable bonds is 12. The van der Waals surface area contributed by atoms with Gasteiger partial charge in [0, 0.05) is 24.7 Å². The van der Waals surface area contributed by atoms with E-state index in [9.17, 15) is 19.2 Å². The molecule has 2 unspecified atom stereocenters. The first-order chi connectivity index (χ1) is 18.2. The van der Waals surface area contributed by atoms with Gasteiger partial charge in [-0.2, -0.15) is 0 Å². The van der Waals surface area contributed by atoms with Crippen molar-refractivity contribution in [3.63, 3.8) is 0 Å². The number of ketones is 2. The Hall–Kier alpha value is -1.72. The third-order valence-corrected chi connectivity index (χ3v) is 8.91. The Morgan fingerprint density at radius 1 is 0.718 bits per heavy atom. The van der Waals surface area contributed by atoms with Gasteiger partial charge in [-0.15, -0.1) is 0 Å². The summed E-state index contributed by atoms with van der Waals surface area (Å²) in [6.45, 7) is 19.9. The first-order valence-corrected chi connectivity index (χ1v) is 15.6. The molecule has 226 valence electrons. The maximum Gasteiger partial charge on any atom is 0.306 e. The number of carbonyl (C=O) groups is 4. The van der Waals surface area contributed by atoms with E-state index < -0.39 is 0 Å². The van der Waals surface area contributed by atoms with E-state index in [2.05, 4.69) is 48.5 Å². The molecule has 6 nitrogen and oxygen atoms in total. The van der Waals surface area contributed by atoms with E-state index in [1.807, 2.05) is 0 Å². The maximum absolute atomic E-state index is 12.5. The molecule has 5 atom stereocenters. The Morgan fingerprint density at radius 2 is 1.18 bits per heavy atom. The third kappa shape index (κ3) is 12.6. The summed E-state index contributed by atoms with van der Waals surface area (Å²) in [7, 11) is 0. The molecule has 6 heteroatoms. The zero-order chi connectivity index (χ0) is 29.8. The monoisotopic (exact) mass is 550 g/mol. The lowest BCUT2D eigenvalue weighted by Gasteiger charge is -2.42. The highest BCUT2D eigenvalue weighted by Crippen LogP contribution is 2.45. The van der Waals surface area contributed by atoms with Crippen LogP contribution in [0, 0.1) is 46.8 Å². The van der Waals surface area contributed by atoms with E-state index in [1.54, 1.807) is 13.8 Å². The number of carbonyl (C=O) groups excluding carboxylic acids is 4. The standard InChI is InChI=1S/C17H30O3.C16H28O3/c1-6-20-16(19)8-7-15(18)14-11-17(4,5)10-9-13(14)12(2)3;1-5-19-16(18)9-8-15(17)14-10-12(4)6-7-13(14)11(2)3/h12-14H,6-11H2,1-5H3;11-14H,5-10H2,1-4H3/t;12-,13+,14-/m.1/s1. The van der Waals surface area contributed by atoms with Crippen molar-refractivity contribution >= 4 is 23.5 Å². The van der Waals surface area contributed by atoms with Gasteiger partial charge in [0.2, 0.25) is 0 Å². The first-order valence-electron chi connectivity index (χ1n) is 15.6. The normalized spacial score (nSPS) is 26.4. The van der Waals surface area contributed by atoms with Crippen molar-refractivity contribution < 1.29 is 28.7 Å². The molecule has 2 rings (SSSR count). The van der Waals surface area contributed by atoms with Crippen LogP contribution in [-0.4, -0.2) is 36.7 Å². The molecular formula is C33H58O6. The van der Waals surface area contributed by atoms with E-state index in [1.165, 1.54) is 12.8 Å². The van der Waals surface area contributed by atoms with Crippen LogP contribution in [0.25, 0.3) is 0 Å². The van der Waals surface area contributed by atoms with Crippen molar-refractivity contribution in [2.75, 3.05) is 13.2 Å². The Bertz CT molecular complexity index is 783. The van der Waals surface area contributed by atoms with Crippen LogP contribution >= 0.6 is 0 Å². The smallest absolute Gasteiger partial charge is 0.306 e. The van der Waals surface area contributed by atoms with Gasteiger partial charge in [0.1, 0.15) is 11.6 Å². The molecule has 0 heterocycles. The van der Waals surface area contributed by atoms with Gasteiger partial charge in [-0.25, -0.2) is 0 Å². The minimum absolute atomic E-state index is 0.119. The average Bonchev–Trinajstić information content (AvgIpc) is 2.85. The molecule has 0 N–H and O–H groups in total. The zero-order valence-electron chi connectivity index (χ0n) is 26.5. The van der Waals surface area contributed by atoms with Gasteiger partial charge >= 0.3 is 11.9 Å². The van der Waals surface area contributed by atoms with Gasteiger partial charge in [0.05, 0.1) is 26.1 Å². The van der Waals surface area contributed by atoms with E-state index >= 15 is 0 Å². The Morgan fingerprint density at radius 3 is 1.64 bits per heavy atom. The molecule has 0 amide bonds. The summed E-state index contributed by atoms with van der Waals surface area (Å²) in [5, 5.41) is 0. The van der Waals surface area contributed by atoms with E-state index in [4.69, 9.17) is 9.47 Å². The second kappa shape index (κ2) is 17.2. The molecule has 2 aliphatic rings. The molecule has 0 spiro atoms. The lowest BCUT2D eigenvalue weighted by molar-refractivity contribution is -0.145. The van der Waals surface area contributed by atoms with Crippen molar-refractivity contribution in [1.29, 1.82) is 0 Å². The largest absolute Gasteiger partial charge is 0.466 e. The third-order valence-electron chi connectivity index (χ3n) is 8.91. The molecule has 0 radical (unpaired) electrons. The Balaban J connectivity index is 0.000000391. The van der Waals surface area contributed by atoms with Crippen LogP contribution in [0.2, 0.25) is 0 Å². The van der Waals surface area contributed by atoms with Crippen LogP contribution in [0.15, 0.2) is 0 Å². The van der Waals surface area contributed by atoms with Crippen molar-refractivity contribution in [3.8, 4) is 0 Å². The molecule has 2 aliphatic carbocycles. The number of hydrogen-bond acceptors (Lipinski definition) is 6. The summed E-state index contributed by atoms with van der Waals surface area (Å²) in [6, 6.07) is 0. The fraction of sp³-hybridized carbons (Fsp3) is 0.879. The van der Waals surface area contributed by atoms with Gasteiger partial charge in [-0.3, -0.25) is 19.2 Å². The molecule has 39 heavy (non-hydrogen) atoms. The lowest BCUT2D eigenvalue weighted by atomic mass is 9.62. The highest BCUT2D eigenvalue weighted by atomic mass is 16.5. The fourth-order valence-corrected chi connectivity index (χ4v) is 6.62. The number of Topliss-reactive ketones (excluding diaryl/α,β-unsaturated/α-hetero) is 2. The molecule has 2 saturated carbocycles. The number of esters is 2. The molecule has 0 saturated heterocycles. The first kappa shape index (κ1) is 35.3. The van der Waals surface area contributed by atoms with Gasteiger partial charge < -0.3 is 9.47 Å². The lowest BCUT2D eigenvalue weighted by Crippen LogP contribution is -2.37. The Kier molecular flexibility index (Phi) is 15.5. The van der Waals surface area contributed by atoms with Crippen LogP contribution in [0.5, 0.6) is 0 Å². The summed E-state index contributed by atoms with van der Waals surface area (Å²) in [4.78, 5) is 47.6. The molecule has 0 aromatic rings. The fourth-order valence-electron chi connectivity index (χ4n) is 6.62. The van der Waals surface area contributed by atoms with Crippen molar-refractivity contribution in [3.05, 3.63) is 0 Å². The summed E-state index contributed by atoms with van der Waals surface area (Å²) >= 11 is 0. The zero-order valence-corrected chi connectivity index (χ0v) is 26.5. The van der Waals surface area contributed by atoms with Crippen molar-refractivity contribution in [1.82, 2.24) is 0 Å². The topological polar surface area (TPSA) is 86.7 Å². The summed E-state index contributed by atoms with van der Waals surface area (Å²) in [5.74, 6) is 2.95. The van der Waals surface area contributed by atoms with E-state index in [0.717, 1.165) is 25.7 Å². The van der Waals surface area contributed by atoms with Crippen LogP contribution in [0.4, 0.5) is 0 Å². The highest BCUT2D eigenvalue weighted by molar-refractivity contribution is 5.85. The van der Waals surface area contributed by atoms with Gasteiger partial charge in [-0.1, -0.05) is 54.9 Å². The SMILES string of the molecule is CCOC(=O)CCC(=O)C1CC(C)(C)CCC1C(C)C.CCOC(=O)CCC(=O)[C@@H]1C[C@H](C)CC[C@H]1C(C)C. The van der Waals surface area contributed by atoms with E-state index in [-0.39, 0.29) is 53.6 Å². The molecule has 0 bridgehead atoms. The molecule has 2 fully saturated rings. The quantitative estimate of drug-likeness (QED) is 0.232. The molecule has 0 aromatic carbocycles. The number of hydrogen-bond donors (Lipinski definition) is 0. The summed E-state index contributed by atoms with van der Waals surface area (Å²) in [6.07, 6.45) is 7.79.